The van der Waals surface area contributed by atoms with Crippen LogP contribution in [0.5, 0.6) is 0 Å². The van der Waals surface area contributed by atoms with E-state index in [0.29, 0.717) is 11.6 Å². The van der Waals surface area contributed by atoms with Gasteiger partial charge in [0.15, 0.2) is 0 Å². The molecule has 112 valence electrons. The summed E-state index contributed by atoms with van der Waals surface area (Å²) in [6, 6.07) is 3.32. The monoisotopic (exact) mass is 271 g/mol. The van der Waals surface area contributed by atoms with Gasteiger partial charge >= 0.3 is 0 Å². The largest absolute Gasteiger partial charge is 0.425 e. The molecular formula is C14H29N3O2. The van der Waals surface area contributed by atoms with E-state index in [2.05, 4.69) is 27.7 Å². The molecule has 1 heterocycles. The summed E-state index contributed by atoms with van der Waals surface area (Å²) in [5, 5.41) is 9.67. The molecule has 0 saturated heterocycles. The van der Waals surface area contributed by atoms with Crippen LogP contribution in [0.15, 0.2) is 16.9 Å². The quantitative estimate of drug-likeness (QED) is 0.732. The van der Waals surface area contributed by atoms with E-state index in [1.165, 1.54) is 6.07 Å². The molecule has 0 aliphatic rings. The van der Waals surface area contributed by atoms with E-state index in [1.54, 1.807) is 0 Å². The molecule has 0 fully saturated rings. The number of aromatic nitrogens is 1. The summed E-state index contributed by atoms with van der Waals surface area (Å²) in [5.41, 5.74) is 1.53. The van der Waals surface area contributed by atoms with Crippen LogP contribution < -0.4 is 17.9 Å². The molecule has 0 aromatic carbocycles. The van der Waals surface area contributed by atoms with Crippen LogP contribution in [0.25, 0.3) is 0 Å². The Kier molecular flexibility index (Phi) is 7.69. The normalized spacial score (nSPS) is 12.3. The van der Waals surface area contributed by atoms with Crippen LogP contribution in [-0.4, -0.2) is 9.94 Å². The maximum atomic E-state index is 11.4. The van der Waals surface area contributed by atoms with Crippen molar-refractivity contribution in [3.63, 3.8) is 0 Å². The lowest BCUT2D eigenvalue weighted by Gasteiger charge is -2.23. The fourth-order valence-corrected chi connectivity index (χ4v) is 2.38. The Morgan fingerprint density at radius 2 is 1.79 bits per heavy atom. The average molecular weight is 271 g/mol. The maximum absolute atomic E-state index is 11.4. The maximum Gasteiger partial charge on any atom is 0.283 e. The van der Waals surface area contributed by atoms with Crippen molar-refractivity contribution < 1.29 is 5.21 Å². The lowest BCUT2D eigenvalue weighted by atomic mass is 9.83. The van der Waals surface area contributed by atoms with Crippen molar-refractivity contribution in [2.45, 2.75) is 47.5 Å². The van der Waals surface area contributed by atoms with Crippen LogP contribution in [-0.2, 0) is 6.42 Å². The lowest BCUT2D eigenvalue weighted by molar-refractivity contribution is 0.160. The van der Waals surface area contributed by atoms with Gasteiger partial charge in [0.05, 0.1) is 5.69 Å². The number of hydrogen-bond donors (Lipinski definition) is 3. The number of nitrogens with zero attached hydrogens (tertiary/aromatic N) is 1. The first kappa shape index (κ1) is 20.0. The average Bonchev–Trinajstić information content (AvgIpc) is 2.10. The molecule has 7 N–H and O–H groups in total. The van der Waals surface area contributed by atoms with Crippen molar-refractivity contribution in [2.24, 2.45) is 11.3 Å². The number of hydrogen-bond acceptors (Lipinski definition) is 4. The fourth-order valence-electron chi connectivity index (χ4n) is 2.38. The third-order valence-corrected chi connectivity index (χ3v) is 2.74. The minimum Gasteiger partial charge on any atom is -0.425 e. The number of aryl methyl sites for hydroxylation is 1. The Morgan fingerprint density at radius 1 is 1.26 bits per heavy atom. The molecule has 0 radical (unpaired) electrons. The van der Waals surface area contributed by atoms with Crippen LogP contribution >= 0.6 is 0 Å². The molecular weight excluding hydrogens is 242 g/mol. The molecule has 1 unspecified atom stereocenters. The zero-order chi connectivity index (χ0) is 13.2. The van der Waals surface area contributed by atoms with Crippen molar-refractivity contribution in [1.29, 1.82) is 0 Å². The van der Waals surface area contributed by atoms with Gasteiger partial charge in [0.1, 0.15) is 0 Å². The zero-order valence-electron chi connectivity index (χ0n) is 12.9. The Labute approximate surface area is 115 Å². The van der Waals surface area contributed by atoms with E-state index >= 15 is 0 Å². The van der Waals surface area contributed by atoms with Crippen molar-refractivity contribution in [2.75, 3.05) is 0 Å². The Hall–Kier alpha value is -1.33. The molecule has 1 aromatic heterocycles. The second-order valence-corrected chi connectivity index (χ2v) is 6.25. The molecule has 19 heavy (non-hydrogen) atoms. The van der Waals surface area contributed by atoms with Gasteiger partial charge in [-0.1, -0.05) is 27.7 Å². The van der Waals surface area contributed by atoms with E-state index < -0.39 is 0 Å². The van der Waals surface area contributed by atoms with Crippen molar-refractivity contribution in [3.8, 4) is 0 Å². The predicted octanol–water partition coefficient (Wildman–Crippen LogP) is 3.33. The summed E-state index contributed by atoms with van der Waals surface area (Å²) < 4.78 is 0.770. The lowest BCUT2D eigenvalue weighted by Crippen LogP contribution is -2.23. The van der Waals surface area contributed by atoms with Gasteiger partial charge in [-0.3, -0.25) is 4.79 Å². The van der Waals surface area contributed by atoms with Gasteiger partial charge in [-0.25, -0.2) is 0 Å². The first-order chi connectivity index (χ1) is 7.69. The van der Waals surface area contributed by atoms with E-state index in [9.17, 15) is 10.0 Å². The van der Waals surface area contributed by atoms with Gasteiger partial charge in [0, 0.05) is 6.07 Å². The third-order valence-electron chi connectivity index (χ3n) is 2.74. The minimum atomic E-state index is -0.344. The summed E-state index contributed by atoms with van der Waals surface area (Å²) in [7, 11) is 0. The summed E-state index contributed by atoms with van der Waals surface area (Å²) in [6.45, 7) is 10.6. The van der Waals surface area contributed by atoms with Gasteiger partial charge in [-0.05, 0) is 42.7 Å². The van der Waals surface area contributed by atoms with E-state index in [1.807, 2.05) is 13.0 Å². The molecule has 1 aromatic rings. The molecule has 0 amide bonds. The van der Waals surface area contributed by atoms with E-state index in [-0.39, 0.29) is 23.3 Å². The highest BCUT2D eigenvalue weighted by atomic mass is 16.5. The predicted molar refractivity (Wildman–Crippen MR) is 79.6 cm³/mol. The summed E-state index contributed by atoms with van der Waals surface area (Å²) in [6.07, 6.45) is 1.79. The van der Waals surface area contributed by atoms with Crippen LogP contribution in [0.3, 0.4) is 0 Å². The van der Waals surface area contributed by atoms with Crippen LogP contribution in [0.1, 0.15) is 45.4 Å². The highest BCUT2D eigenvalue weighted by Crippen LogP contribution is 2.26. The minimum absolute atomic E-state index is 0. The molecule has 0 saturated carbocycles. The van der Waals surface area contributed by atoms with Gasteiger partial charge in [-0.2, -0.15) is 4.73 Å². The highest BCUT2D eigenvalue weighted by molar-refractivity contribution is 5.15. The number of pyridine rings is 1. The Balaban J connectivity index is 0. The van der Waals surface area contributed by atoms with Crippen LogP contribution in [0.4, 0.5) is 0 Å². The third kappa shape index (κ3) is 6.40. The molecule has 0 aliphatic carbocycles. The number of rotatable bonds is 3. The fraction of sp³-hybridized carbons (Fsp3) is 0.643. The molecule has 0 bridgehead atoms. The SMILES string of the molecule is Cc1cc(CC(C)CC(C)(C)C)n(O)c(=O)c1.N.N. The first-order valence-corrected chi connectivity index (χ1v) is 6.11. The molecule has 1 atom stereocenters. The van der Waals surface area contributed by atoms with Crippen molar-refractivity contribution in [3.05, 3.63) is 33.7 Å². The topological polar surface area (TPSA) is 112 Å². The van der Waals surface area contributed by atoms with Crippen molar-refractivity contribution in [1.82, 2.24) is 17.0 Å². The second kappa shape index (κ2) is 7.31. The highest BCUT2D eigenvalue weighted by Gasteiger charge is 2.17. The van der Waals surface area contributed by atoms with Gasteiger partial charge < -0.3 is 17.5 Å². The Morgan fingerprint density at radius 3 is 2.26 bits per heavy atom. The van der Waals surface area contributed by atoms with Gasteiger partial charge in [0.25, 0.3) is 5.56 Å². The molecule has 5 nitrogen and oxygen atoms in total. The summed E-state index contributed by atoms with van der Waals surface area (Å²) >= 11 is 0. The van der Waals surface area contributed by atoms with E-state index in [0.717, 1.165) is 23.1 Å². The zero-order valence-corrected chi connectivity index (χ0v) is 12.9. The second-order valence-electron chi connectivity index (χ2n) is 6.25. The first-order valence-electron chi connectivity index (χ1n) is 6.11. The molecule has 0 aliphatic heterocycles. The molecule has 5 heteroatoms. The van der Waals surface area contributed by atoms with Gasteiger partial charge in [0.2, 0.25) is 0 Å². The summed E-state index contributed by atoms with van der Waals surface area (Å²) in [4.78, 5) is 11.4. The van der Waals surface area contributed by atoms with E-state index in [4.69, 9.17) is 0 Å². The van der Waals surface area contributed by atoms with Crippen LogP contribution in [0, 0.1) is 18.3 Å². The smallest absolute Gasteiger partial charge is 0.283 e. The standard InChI is InChI=1S/C14H23NO2.2H3N/c1-10-6-12(15(17)13(16)8-10)7-11(2)9-14(3,4)5;;/h6,8,11,17H,7,9H2,1-5H3;2*1H3. The molecule has 1 rings (SSSR count). The summed E-state index contributed by atoms with van der Waals surface area (Å²) in [5.74, 6) is 0.439. The van der Waals surface area contributed by atoms with Crippen LogP contribution in [0.2, 0.25) is 0 Å². The molecule has 0 spiro atoms. The van der Waals surface area contributed by atoms with Gasteiger partial charge in [-0.15, -0.1) is 0 Å². The van der Waals surface area contributed by atoms with Crippen molar-refractivity contribution >= 4 is 0 Å². The Bertz CT molecular complexity index is 447.